The maximum absolute atomic E-state index is 11.4. The van der Waals surface area contributed by atoms with Gasteiger partial charge in [-0.3, -0.25) is 14.2 Å². The molecule has 0 aliphatic heterocycles. The molecule has 104 valence electrons. The summed E-state index contributed by atoms with van der Waals surface area (Å²) in [6, 6.07) is 0. The maximum atomic E-state index is 11.4. The third-order valence-corrected chi connectivity index (χ3v) is 4.11. The van der Waals surface area contributed by atoms with Crippen molar-refractivity contribution in [2.24, 2.45) is 0 Å². The largest absolute Gasteiger partial charge is 0.481 e. The van der Waals surface area contributed by atoms with Crippen molar-refractivity contribution in [2.75, 3.05) is 0 Å². The van der Waals surface area contributed by atoms with E-state index in [9.17, 15) is 14.2 Å². The van der Waals surface area contributed by atoms with Crippen molar-refractivity contribution in [3.05, 3.63) is 0 Å². The summed E-state index contributed by atoms with van der Waals surface area (Å²) in [6.07, 6.45) is 3.87. The molecule has 0 unspecified atom stereocenters. The van der Waals surface area contributed by atoms with Gasteiger partial charge in [0.15, 0.2) is 8.46 Å². The van der Waals surface area contributed by atoms with E-state index in [4.69, 9.17) is 10.2 Å². The van der Waals surface area contributed by atoms with Gasteiger partial charge in [-0.05, 0) is 19.3 Å². The monoisotopic (exact) mass is 276 g/mol. The summed E-state index contributed by atoms with van der Waals surface area (Å²) in [6.45, 7) is 2.05. The van der Waals surface area contributed by atoms with Crippen molar-refractivity contribution in [1.82, 2.24) is 0 Å². The number of aliphatic carboxylic acids is 2. The van der Waals surface area contributed by atoms with E-state index in [0.717, 1.165) is 19.3 Å². The van der Waals surface area contributed by atoms with Crippen LogP contribution in [0.4, 0.5) is 0 Å². The van der Waals surface area contributed by atoms with E-state index in [1.54, 1.807) is 0 Å². The number of carboxylic acids is 2. The Hall–Kier alpha value is -0.960. The van der Waals surface area contributed by atoms with Crippen LogP contribution in [0.15, 0.2) is 0 Å². The summed E-state index contributed by atoms with van der Waals surface area (Å²) in [7, 11) is -0.136. The first-order chi connectivity index (χ1) is 8.45. The zero-order valence-corrected chi connectivity index (χ0v) is 11.6. The maximum Gasteiger partial charge on any atom is 0.303 e. The molecule has 0 spiro atoms. The number of hydrogen-bond donors (Lipinski definition) is 2. The highest BCUT2D eigenvalue weighted by atomic mass is 31.1. The molecule has 5 nitrogen and oxygen atoms in total. The van der Waals surface area contributed by atoms with Gasteiger partial charge in [0.2, 0.25) is 0 Å². The summed E-state index contributed by atoms with van der Waals surface area (Å²) in [5, 5.41) is 16.7. The van der Waals surface area contributed by atoms with Crippen LogP contribution in [0.2, 0.25) is 0 Å². The van der Waals surface area contributed by atoms with Gasteiger partial charge in [0.25, 0.3) is 0 Å². The SMILES string of the molecule is CCCCCC(CCC(=O)O)(CCC(=O)O)P=O. The van der Waals surface area contributed by atoms with E-state index in [0.29, 0.717) is 6.42 Å². The zero-order valence-electron chi connectivity index (χ0n) is 10.7. The molecule has 0 atom stereocenters. The molecular weight excluding hydrogens is 255 g/mol. The first kappa shape index (κ1) is 17.0. The van der Waals surface area contributed by atoms with Crippen LogP contribution in [0, 0.1) is 0 Å². The molecule has 0 heterocycles. The van der Waals surface area contributed by atoms with Crippen LogP contribution in [-0.2, 0) is 14.2 Å². The Morgan fingerprint density at radius 3 is 1.83 bits per heavy atom. The van der Waals surface area contributed by atoms with Crippen molar-refractivity contribution < 1.29 is 24.4 Å². The Labute approximate surface area is 109 Å². The van der Waals surface area contributed by atoms with Crippen molar-refractivity contribution in [2.45, 2.75) is 63.4 Å². The van der Waals surface area contributed by atoms with Gasteiger partial charge in [-0.25, -0.2) is 0 Å². The predicted molar refractivity (Wildman–Crippen MR) is 68.2 cm³/mol. The lowest BCUT2D eigenvalue weighted by Gasteiger charge is -2.25. The Balaban J connectivity index is 4.53. The second-order valence-corrected chi connectivity index (χ2v) is 5.69. The molecule has 2 N–H and O–H groups in total. The van der Waals surface area contributed by atoms with Gasteiger partial charge in [-0.2, -0.15) is 0 Å². The summed E-state index contributed by atoms with van der Waals surface area (Å²) >= 11 is 0. The Morgan fingerprint density at radius 1 is 1.00 bits per heavy atom. The van der Waals surface area contributed by atoms with Crippen LogP contribution in [-0.4, -0.2) is 27.3 Å². The fourth-order valence-corrected chi connectivity index (χ4v) is 2.55. The molecule has 0 aromatic rings. The highest BCUT2D eigenvalue weighted by molar-refractivity contribution is 7.26. The molecule has 0 amide bonds. The summed E-state index contributed by atoms with van der Waals surface area (Å²) < 4.78 is 11.4. The highest BCUT2D eigenvalue weighted by Crippen LogP contribution is 2.38. The van der Waals surface area contributed by atoms with E-state index < -0.39 is 17.1 Å². The smallest absolute Gasteiger partial charge is 0.303 e. The molecule has 0 aromatic carbocycles. The molecule has 0 rings (SSSR count). The average Bonchev–Trinajstić information content (AvgIpc) is 2.32. The molecule has 0 aliphatic rings. The van der Waals surface area contributed by atoms with Crippen LogP contribution in [0.5, 0.6) is 0 Å². The molecule has 0 radical (unpaired) electrons. The number of hydrogen-bond acceptors (Lipinski definition) is 3. The molecule has 0 aliphatic carbocycles. The van der Waals surface area contributed by atoms with Gasteiger partial charge < -0.3 is 10.2 Å². The average molecular weight is 276 g/mol. The molecule has 0 aromatic heterocycles. The standard InChI is InChI=1S/C12H21O5P/c1-2-3-4-7-12(18-17,8-5-10(13)14)9-6-11(15)16/h2-9H2,1H3,(H,13,14)(H,15,16). The Morgan fingerprint density at radius 2 is 1.50 bits per heavy atom. The number of unbranched alkanes of at least 4 members (excludes halogenated alkanes) is 2. The molecular formula is C12H21O5P. The van der Waals surface area contributed by atoms with Gasteiger partial charge >= 0.3 is 11.9 Å². The number of rotatable bonds is 11. The number of carbonyl (C=O) groups is 2. The van der Waals surface area contributed by atoms with E-state index in [1.165, 1.54) is 0 Å². The van der Waals surface area contributed by atoms with Crippen LogP contribution in [0.1, 0.15) is 58.3 Å². The summed E-state index contributed by atoms with van der Waals surface area (Å²) in [5.41, 5.74) is 0. The van der Waals surface area contributed by atoms with Crippen molar-refractivity contribution in [1.29, 1.82) is 0 Å². The minimum atomic E-state index is -0.936. The van der Waals surface area contributed by atoms with Crippen LogP contribution in [0.3, 0.4) is 0 Å². The lowest BCUT2D eigenvalue weighted by Crippen LogP contribution is -2.24. The molecule has 18 heavy (non-hydrogen) atoms. The van der Waals surface area contributed by atoms with Crippen molar-refractivity contribution >= 4 is 20.4 Å². The predicted octanol–water partition coefficient (Wildman–Crippen LogP) is 3.33. The van der Waals surface area contributed by atoms with Gasteiger partial charge in [0.1, 0.15) is 0 Å². The van der Waals surface area contributed by atoms with Gasteiger partial charge in [0.05, 0.1) is 5.16 Å². The van der Waals surface area contributed by atoms with Crippen LogP contribution < -0.4 is 0 Å². The minimum absolute atomic E-state index is 0.0685. The van der Waals surface area contributed by atoms with E-state index >= 15 is 0 Å². The van der Waals surface area contributed by atoms with Crippen molar-refractivity contribution in [3.8, 4) is 0 Å². The van der Waals surface area contributed by atoms with Crippen LogP contribution >= 0.6 is 8.46 Å². The lowest BCUT2D eigenvalue weighted by atomic mass is 9.90. The van der Waals surface area contributed by atoms with E-state index in [2.05, 4.69) is 0 Å². The zero-order chi connectivity index (χ0) is 14.0. The minimum Gasteiger partial charge on any atom is -0.481 e. The van der Waals surface area contributed by atoms with Gasteiger partial charge in [0, 0.05) is 12.8 Å². The second kappa shape index (κ2) is 9.03. The Kier molecular flexibility index (Phi) is 8.55. The normalized spacial score (nSPS) is 11.6. The molecule has 0 fully saturated rings. The topological polar surface area (TPSA) is 91.7 Å². The summed E-state index contributed by atoms with van der Waals surface area (Å²) in [4.78, 5) is 21.2. The molecule has 6 heteroatoms. The summed E-state index contributed by atoms with van der Waals surface area (Å²) in [5.74, 6) is -1.87. The van der Waals surface area contributed by atoms with Gasteiger partial charge in [-0.15, -0.1) is 0 Å². The third kappa shape index (κ3) is 7.38. The fourth-order valence-electron chi connectivity index (χ4n) is 1.90. The van der Waals surface area contributed by atoms with Gasteiger partial charge in [-0.1, -0.05) is 26.2 Å². The van der Waals surface area contributed by atoms with E-state index in [1.807, 2.05) is 6.92 Å². The first-order valence-corrected chi connectivity index (χ1v) is 7.05. The highest BCUT2D eigenvalue weighted by Gasteiger charge is 2.31. The van der Waals surface area contributed by atoms with Crippen LogP contribution in [0.25, 0.3) is 0 Å². The third-order valence-electron chi connectivity index (χ3n) is 3.05. The Bertz CT molecular complexity index is 272. The van der Waals surface area contributed by atoms with E-state index in [-0.39, 0.29) is 34.1 Å². The quantitative estimate of drug-likeness (QED) is 0.446. The van der Waals surface area contributed by atoms with Crippen molar-refractivity contribution in [3.63, 3.8) is 0 Å². The number of carboxylic acid groups (broad SMARTS) is 2. The molecule has 0 bridgehead atoms. The first-order valence-electron chi connectivity index (χ1n) is 6.24. The second-order valence-electron chi connectivity index (χ2n) is 4.56. The molecule has 0 saturated carbocycles. The lowest BCUT2D eigenvalue weighted by molar-refractivity contribution is -0.137. The fraction of sp³-hybridized carbons (Fsp3) is 0.833. The molecule has 0 saturated heterocycles.